The van der Waals surface area contributed by atoms with Crippen molar-refractivity contribution in [3.8, 4) is 0 Å². The van der Waals surface area contributed by atoms with Crippen molar-refractivity contribution in [1.82, 2.24) is 14.6 Å². The number of nitrogens with two attached hydrogens (primary N) is 1. The first kappa shape index (κ1) is 7.32. The van der Waals surface area contributed by atoms with Crippen LogP contribution < -0.4 is 5.84 Å². The van der Waals surface area contributed by atoms with E-state index in [-0.39, 0.29) is 0 Å². The van der Waals surface area contributed by atoms with Crippen LogP contribution in [0.3, 0.4) is 0 Å². The molecule has 0 fully saturated rings. The van der Waals surface area contributed by atoms with E-state index in [4.69, 9.17) is 5.84 Å². The fraction of sp³-hybridized carbons (Fsp3) is 0. The van der Waals surface area contributed by atoms with Gasteiger partial charge in [0.2, 0.25) is 0 Å². The van der Waals surface area contributed by atoms with E-state index in [1.807, 2.05) is 24.3 Å². The van der Waals surface area contributed by atoms with E-state index in [1.54, 1.807) is 17.1 Å². The predicted molar refractivity (Wildman–Crippen MR) is 55.2 cm³/mol. The summed E-state index contributed by atoms with van der Waals surface area (Å²) in [6, 6.07) is 7.60. The minimum atomic E-state index is 0.852. The van der Waals surface area contributed by atoms with Crippen LogP contribution in [0.25, 0.3) is 22.1 Å². The molecule has 3 aromatic rings. The molecule has 3 rings (SSSR count). The largest absolute Gasteiger partial charge is 0.338 e. The van der Waals surface area contributed by atoms with Crippen molar-refractivity contribution < 1.29 is 0 Å². The molecular formula is C10H8N4. The van der Waals surface area contributed by atoms with Crippen molar-refractivity contribution in [1.29, 1.82) is 0 Å². The molecule has 14 heavy (non-hydrogen) atoms. The lowest BCUT2D eigenvalue weighted by atomic mass is 10.3. The molecular weight excluding hydrogens is 176 g/mol. The molecule has 68 valence electrons. The normalized spacial score (nSPS) is 11.1. The van der Waals surface area contributed by atoms with Crippen molar-refractivity contribution in [2.75, 3.05) is 5.84 Å². The molecule has 0 atom stereocenters. The molecule has 0 spiro atoms. The quantitative estimate of drug-likeness (QED) is 0.536. The van der Waals surface area contributed by atoms with Crippen molar-refractivity contribution in [3.63, 3.8) is 0 Å². The molecule has 0 aliphatic heterocycles. The summed E-state index contributed by atoms with van der Waals surface area (Å²) < 4.78 is 1.62. The number of rotatable bonds is 0. The second-order valence-corrected chi connectivity index (χ2v) is 3.11. The summed E-state index contributed by atoms with van der Waals surface area (Å²) in [6.45, 7) is 0. The third-order valence-electron chi connectivity index (χ3n) is 2.32. The SMILES string of the molecule is Nn1c2cccnc2c2ncccc21. The Kier molecular flexibility index (Phi) is 1.28. The average Bonchev–Trinajstić information content (AvgIpc) is 2.55. The lowest BCUT2D eigenvalue weighted by Crippen LogP contribution is -2.06. The van der Waals surface area contributed by atoms with Crippen molar-refractivity contribution in [2.24, 2.45) is 0 Å². The number of fused-ring (bicyclic) bond motifs is 3. The van der Waals surface area contributed by atoms with E-state index in [0.29, 0.717) is 0 Å². The van der Waals surface area contributed by atoms with Crippen LogP contribution >= 0.6 is 0 Å². The van der Waals surface area contributed by atoms with Gasteiger partial charge < -0.3 is 5.84 Å². The first-order chi connectivity index (χ1) is 6.88. The first-order valence-corrected chi connectivity index (χ1v) is 4.33. The van der Waals surface area contributed by atoms with Crippen LogP contribution in [0, 0.1) is 0 Å². The summed E-state index contributed by atoms with van der Waals surface area (Å²) in [4.78, 5) is 8.53. The summed E-state index contributed by atoms with van der Waals surface area (Å²) in [5, 5.41) is 0. The van der Waals surface area contributed by atoms with Gasteiger partial charge in [-0.05, 0) is 24.3 Å². The molecule has 2 N–H and O–H groups in total. The van der Waals surface area contributed by atoms with Crippen molar-refractivity contribution in [2.45, 2.75) is 0 Å². The molecule has 0 radical (unpaired) electrons. The monoisotopic (exact) mass is 184 g/mol. The van der Waals surface area contributed by atoms with E-state index in [0.717, 1.165) is 22.1 Å². The first-order valence-electron chi connectivity index (χ1n) is 4.33. The van der Waals surface area contributed by atoms with Crippen LogP contribution in [0.4, 0.5) is 0 Å². The highest BCUT2D eigenvalue weighted by atomic mass is 15.3. The Balaban J connectivity index is 2.69. The molecule has 0 aliphatic carbocycles. The number of pyridine rings is 2. The highest BCUT2D eigenvalue weighted by molar-refractivity contribution is 6.02. The smallest absolute Gasteiger partial charge is 0.116 e. The summed E-state index contributed by atoms with van der Waals surface area (Å²) >= 11 is 0. The van der Waals surface area contributed by atoms with Gasteiger partial charge in [-0.3, -0.25) is 14.6 Å². The third-order valence-corrected chi connectivity index (χ3v) is 2.32. The molecule has 3 aromatic heterocycles. The molecule has 4 nitrogen and oxygen atoms in total. The third kappa shape index (κ3) is 0.771. The summed E-state index contributed by atoms with van der Waals surface area (Å²) in [5.74, 6) is 5.91. The van der Waals surface area contributed by atoms with E-state index in [9.17, 15) is 0 Å². The zero-order chi connectivity index (χ0) is 9.54. The van der Waals surface area contributed by atoms with Gasteiger partial charge in [0.25, 0.3) is 0 Å². The van der Waals surface area contributed by atoms with Crippen LogP contribution in [0.2, 0.25) is 0 Å². The van der Waals surface area contributed by atoms with Gasteiger partial charge in [0.1, 0.15) is 11.0 Å². The Morgan fingerprint density at radius 3 is 1.93 bits per heavy atom. The Morgan fingerprint density at radius 1 is 0.929 bits per heavy atom. The van der Waals surface area contributed by atoms with Crippen molar-refractivity contribution >= 4 is 22.1 Å². The van der Waals surface area contributed by atoms with Crippen molar-refractivity contribution in [3.05, 3.63) is 36.7 Å². The Hall–Kier alpha value is -2.10. The predicted octanol–water partition coefficient (Wildman–Crippen LogP) is 1.30. The van der Waals surface area contributed by atoms with E-state index in [1.165, 1.54) is 0 Å². The Bertz CT molecular complexity index is 558. The van der Waals surface area contributed by atoms with Gasteiger partial charge in [-0.1, -0.05) is 0 Å². The maximum absolute atomic E-state index is 5.91. The summed E-state index contributed by atoms with van der Waals surface area (Å²) in [6.07, 6.45) is 3.49. The molecule has 0 amide bonds. The van der Waals surface area contributed by atoms with Crippen LogP contribution in [0.1, 0.15) is 0 Å². The van der Waals surface area contributed by atoms with Gasteiger partial charge in [-0.25, -0.2) is 0 Å². The zero-order valence-corrected chi connectivity index (χ0v) is 7.38. The molecule has 0 aromatic carbocycles. The fourth-order valence-corrected chi connectivity index (χ4v) is 1.68. The lowest BCUT2D eigenvalue weighted by Gasteiger charge is -1.94. The van der Waals surface area contributed by atoms with Crippen LogP contribution in [-0.2, 0) is 0 Å². The van der Waals surface area contributed by atoms with E-state index < -0.39 is 0 Å². The maximum Gasteiger partial charge on any atom is 0.116 e. The highest BCUT2D eigenvalue weighted by Crippen LogP contribution is 2.22. The minimum absolute atomic E-state index is 0.852. The fourth-order valence-electron chi connectivity index (χ4n) is 1.68. The zero-order valence-electron chi connectivity index (χ0n) is 7.38. The Morgan fingerprint density at radius 2 is 1.43 bits per heavy atom. The standard InChI is InChI=1S/C10H8N4/c11-14-7-3-1-5-12-9(7)10-8(14)4-2-6-13-10/h1-6H,11H2. The van der Waals surface area contributed by atoms with Crippen LogP contribution in [0.15, 0.2) is 36.7 Å². The number of hydrogen-bond acceptors (Lipinski definition) is 3. The Labute approximate surface area is 80.0 Å². The molecule has 0 bridgehead atoms. The number of hydrogen-bond donors (Lipinski definition) is 1. The summed E-state index contributed by atoms with van der Waals surface area (Å²) in [7, 11) is 0. The molecule has 0 unspecified atom stereocenters. The lowest BCUT2D eigenvalue weighted by molar-refractivity contribution is 1.11. The molecule has 4 heteroatoms. The highest BCUT2D eigenvalue weighted by Gasteiger charge is 2.08. The molecule has 0 saturated heterocycles. The van der Waals surface area contributed by atoms with Gasteiger partial charge >= 0.3 is 0 Å². The average molecular weight is 184 g/mol. The molecule has 0 saturated carbocycles. The molecule has 0 aliphatic rings. The van der Waals surface area contributed by atoms with Gasteiger partial charge in [-0.15, -0.1) is 0 Å². The minimum Gasteiger partial charge on any atom is -0.338 e. The van der Waals surface area contributed by atoms with Crippen LogP contribution in [-0.4, -0.2) is 14.6 Å². The summed E-state index contributed by atoms with van der Waals surface area (Å²) in [5.41, 5.74) is 3.51. The second kappa shape index (κ2) is 2.45. The van der Waals surface area contributed by atoms with Gasteiger partial charge in [0, 0.05) is 12.4 Å². The number of nitrogens with zero attached hydrogens (tertiary/aromatic N) is 3. The van der Waals surface area contributed by atoms with E-state index in [2.05, 4.69) is 9.97 Å². The maximum atomic E-state index is 5.91. The topological polar surface area (TPSA) is 56.7 Å². The van der Waals surface area contributed by atoms with Gasteiger partial charge in [-0.2, -0.15) is 0 Å². The van der Waals surface area contributed by atoms with E-state index >= 15 is 0 Å². The molecule has 3 heterocycles. The van der Waals surface area contributed by atoms with Gasteiger partial charge in [0.05, 0.1) is 11.0 Å². The second-order valence-electron chi connectivity index (χ2n) is 3.11. The number of aromatic nitrogens is 3. The number of nitrogen functional groups attached to an aromatic ring is 1. The van der Waals surface area contributed by atoms with Gasteiger partial charge in [0.15, 0.2) is 0 Å². The van der Waals surface area contributed by atoms with Crippen LogP contribution in [0.5, 0.6) is 0 Å².